The minimum atomic E-state index is -0.649. The van der Waals surface area contributed by atoms with Crippen LogP contribution in [0.4, 0.5) is 0 Å². The van der Waals surface area contributed by atoms with E-state index in [1.165, 1.54) is 6.92 Å². The molecule has 0 aromatic rings. The number of carbonyl (C=O) groups excluding carboxylic acids is 3. The second kappa shape index (κ2) is 3.99. The predicted molar refractivity (Wildman–Crippen MR) is 46.2 cm³/mol. The summed E-state index contributed by atoms with van der Waals surface area (Å²) in [6.45, 7) is 3.07. The van der Waals surface area contributed by atoms with Crippen LogP contribution in [-0.4, -0.2) is 35.1 Å². The highest BCUT2D eigenvalue weighted by Gasteiger charge is 2.31. The van der Waals surface area contributed by atoms with Crippen molar-refractivity contribution in [3.8, 4) is 0 Å². The van der Waals surface area contributed by atoms with Gasteiger partial charge in [-0.1, -0.05) is 0 Å². The predicted octanol–water partition coefficient (Wildman–Crippen LogP) is -0.316. The summed E-state index contributed by atoms with van der Waals surface area (Å²) in [5.74, 6) is -1.65. The molecule has 1 heterocycles. The normalized spacial score (nSPS) is 15.4. The average molecular weight is 198 g/mol. The third-order valence-corrected chi connectivity index (χ3v) is 1.58. The van der Waals surface area contributed by atoms with Crippen molar-refractivity contribution >= 4 is 23.5 Å². The molecule has 0 bridgehead atoms. The summed E-state index contributed by atoms with van der Waals surface area (Å²) in [4.78, 5) is 33.1. The van der Waals surface area contributed by atoms with E-state index in [1.54, 1.807) is 6.92 Å². The molecule has 1 aliphatic rings. The molecule has 6 nitrogen and oxygen atoms in total. The van der Waals surface area contributed by atoms with Crippen molar-refractivity contribution in [3.63, 3.8) is 0 Å². The van der Waals surface area contributed by atoms with Crippen molar-refractivity contribution in [2.45, 2.75) is 20.3 Å². The molecule has 0 aliphatic carbocycles. The van der Waals surface area contributed by atoms with Crippen LogP contribution in [0.25, 0.3) is 0 Å². The fourth-order valence-electron chi connectivity index (χ4n) is 1.00. The van der Waals surface area contributed by atoms with E-state index in [9.17, 15) is 14.4 Å². The highest BCUT2D eigenvalue weighted by molar-refractivity contribution is 6.41. The monoisotopic (exact) mass is 198 g/mol. The van der Waals surface area contributed by atoms with Gasteiger partial charge in [0.25, 0.3) is 5.91 Å². The smallest absolute Gasteiger partial charge is 0.355 e. The largest absolute Gasteiger partial charge is 0.461 e. The van der Waals surface area contributed by atoms with Crippen LogP contribution >= 0.6 is 0 Å². The fraction of sp³-hybridized carbons (Fsp3) is 0.500. The minimum absolute atomic E-state index is 0.0212. The Kier molecular flexibility index (Phi) is 2.95. The molecule has 1 aliphatic heterocycles. The molecule has 0 aromatic heterocycles. The van der Waals surface area contributed by atoms with Crippen molar-refractivity contribution in [2.24, 2.45) is 5.10 Å². The van der Waals surface area contributed by atoms with Gasteiger partial charge in [-0.15, -0.1) is 0 Å². The number of hydrogen-bond acceptors (Lipinski definition) is 5. The van der Waals surface area contributed by atoms with E-state index in [-0.39, 0.29) is 18.7 Å². The highest BCUT2D eigenvalue weighted by Crippen LogP contribution is 2.09. The van der Waals surface area contributed by atoms with E-state index in [2.05, 4.69) is 9.84 Å². The third kappa shape index (κ3) is 1.95. The standard InChI is InChI=1S/C8H10N2O4/c1-3-14-8(13)6-4-7(12)10(9-6)5(2)11/h3-4H2,1-2H3. The van der Waals surface area contributed by atoms with Crippen molar-refractivity contribution in [2.75, 3.05) is 6.61 Å². The van der Waals surface area contributed by atoms with Crippen LogP contribution in [0.15, 0.2) is 5.10 Å². The number of hydrazone groups is 1. The van der Waals surface area contributed by atoms with Gasteiger partial charge in [-0.05, 0) is 6.92 Å². The number of ether oxygens (including phenoxy) is 1. The zero-order valence-corrected chi connectivity index (χ0v) is 7.94. The number of imide groups is 1. The Labute approximate surface area is 80.5 Å². The first-order chi connectivity index (χ1) is 6.56. The van der Waals surface area contributed by atoms with Crippen LogP contribution < -0.4 is 0 Å². The summed E-state index contributed by atoms with van der Waals surface area (Å²) in [7, 11) is 0. The molecule has 14 heavy (non-hydrogen) atoms. The minimum Gasteiger partial charge on any atom is -0.461 e. The van der Waals surface area contributed by atoms with Crippen LogP contribution in [0.3, 0.4) is 0 Å². The summed E-state index contributed by atoms with van der Waals surface area (Å²) in [5.41, 5.74) is -0.0212. The first-order valence-corrected chi connectivity index (χ1v) is 4.14. The molecule has 6 heteroatoms. The van der Waals surface area contributed by atoms with Crippen molar-refractivity contribution in [1.29, 1.82) is 0 Å². The molecule has 1 rings (SSSR count). The Bertz CT molecular complexity index is 321. The summed E-state index contributed by atoms with van der Waals surface area (Å²) < 4.78 is 4.64. The maximum Gasteiger partial charge on any atom is 0.355 e. The maximum absolute atomic E-state index is 11.1. The lowest BCUT2D eigenvalue weighted by Crippen LogP contribution is -2.25. The summed E-state index contributed by atoms with van der Waals surface area (Å²) in [6.07, 6.45) is -0.168. The maximum atomic E-state index is 11.1. The molecule has 2 amide bonds. The van der Waals surface area contributed by atoms with Gasteiger partial charge in [-0.2, -0.15) is 10.1 Å². The van der Waals surface area contributed by atoms with Gasteiger partial charge in [0.1, 0.15) is 0 Å². The molecule has 0 atom stereocenters. The van der Waals surface area contributed by atoms with Crippen LogP contribution in [0.2, 0.25) is 0 Å². The van der Waals surface area contributed by atoms with Crippen molar-refractivity contribution in [3.05, 3.63) is 0 Å². The average Bonchev–Trinajstić information content (AvgIpc) is 2.48. The lowest BCUT2D eigenvalue weighted by atomic mass is 10.3. The van der Waals surface area contributed by atoms with Crippen LogP contribution in [0.1, 0.15) is 20.3 Å². The third-order valence-electron chi connectivity index (χ3n) is 1.58. The lowest BCUT2D eigenvalue weighted by Gasteiger charge is -2.03. The SMILES string of the molecule is CCOC(=O)C1=NN(C(C)=O)C(=O)C1. The molecule has 0 saturated carbocycles. The van der Waals surface area contributed by atoms with Gasteiger partial charge in [0.15, 0.2) is 5.71 Å². The van der Waals surface area contributed by atoms with Gasteiger partial charge in [-0.25, -0.2) is 4.79 Å². The molecule has 0 saturated heterocycles. The first kappa shape index (κ1) is 10.4. The molecular weight excluding hydrogens is 188 g/mol. The van der Waals surface area contributed by atoms with Gasteiger partial charge in [0.2, 0.25) is 5.91 Å². The zero-order valence-electron chi connectivity index (χ0n) is 7.94. The first-order valence-electron chi connectivity index (χ1n) is 4.14. The van der Waals surface area contributed by atoms with E-state index in [0.29, 0.717) is 5.01 Å². The van der Waals surface area contributed by atoms with E-state index in [1.807, 2.05) is 0 Å². The Balaban J connectivity index is 2.75. The number of nitrogens with zero attached hydrogens (tertiary/aromatic N) is 2. The summed E-state index contributed by atoms with van der Waals surface area (Å²) in [6, 6.07) is 0. The Morgan fingerprint density at radius 3 is 2.64 bits per heavy atom. The number of amides is 2. The Morgan fingerprint density at radius 2 is 2.21 bits per heavy atom. The fourth-order valence-corrected chi connectivity index (χ4v) is 1.00. The molecule has 0 fully saturated rings. The van der Waals surface area contributed by atoms with Crippen LogP contribution in [0.5, 0.6) is 0 Å². The number of rotatable bonds is 2. The molecule has 76 valence electrons. The van der Waals surface area contributed by atoms with Gasteiger partial charge >= 0.3 is 5.97 Å². The molecule has 0 unspecified atom stereocenters. The van der Waals surface area contributed by atoms with E-state index >= 15 is 0 Å². The van der Waals surface area contributed by atoms with Gasteiger partial charge in [-0.3, -0.25) is 9.59 Å². The van der Waals surface area contributed by atoms with Crippen LogP contribution in [0, 0.1) is 0 Å². The van der Waals surface area contributed by atoms with E-state index in [4.69, 9.17) is 0 Å². The number of esters is 1. The molecule has 0 spiro atoms. The second-order valence-electron chi connectivity index (χ2n) is 2.67. The van der Waals surface area contributed by atoms with Crippen LogP contribution in [-0.2, 0) is 19.1 Å². The highest BCUT2D eigenvalue weighted by atomic mass is 16.5. The van der Waals surface area contributed by atoms with Crippen molar-refractivity contribution < 1.29 is 19.1 Å². The molecule has 0 N–H and O–H groups in total. The molecular formula is C8H10N2O4. The van der Waals surface area contributed by atoms with Gasteiger partial charge in [0, 0.05) is 6.92 Å². The Morgan fingerprint density at radius 1 is 1.57 bits per heavy atom. The summed E-state index contributed by atoms with van der Waals surface area (Å²) in [5, 5.41) is 4.24. The van der Waals surface area contributed by atoms with Gasteiger partial charge < -0.3 is 4.74 Å². The zero-order chi connectivity index (χ0) is 10.7. The van der Waals surface area contributed by atoms with E-state index < -0.39 is 17.8 Å². The second-order valence-corrected chi connectivity index (χ2v) is 2.67. The quantitative estimate of drug-likeness (QED) is 0.570. The van der Waals surface area contributed by atoms with E-state index in [0.717, 1.165) is 0 Å². The summed E-state index contributed by atoms with van der Waals surface area (Å²) >= 11 is 0. The molecule has 0 radical (unpaired) electrons. The Hall–Kier alpha value is -1.72. The topological polar surface area (TPSA) is 76.0 Å². The lowest BCUT2D eigenvalue weighted by molar-refractivity contribution is -0.141. The number of hydrogen-bond donors (Lipinski definition) is 0. The molecule has 0 aromatic carbocycles. The number of carbonyl (C=O) groups is 3. The van der Waals surface area contributed by atoms with Crippen molar-refractivity contribution in [1.82, 2.24) is 5.01 Å². The van der Waals surface area contributed by atoms with Gasteiger partial charge in [0.05, 0.1) is 13.0 Å².